The lowest BCUT2D eigenvalue weighted by atomic mass is 9.78. The van der Waals surface area contributed by atoms with Crippen molar-refractivity contribution in [3.63, 3.8) is 0 Å². The molecule has 3 rings (SSSR count). The average Bonchev–Trinajstić information content (AvgIpc) is 2.85. The van der Waals surface area contributed by atoms with Crippen molar-refractivity contribution in [2.45, 2.75) is 12.8 Å². The van der Waals surface area contributed by atoms with Gasteiger partial charge in [-0.3, -0.25) is 14.4 Å². The van der Waals surface area contributed by atoms with Crippen LogP contribution in [-0.4, -0.2) is 37.3 Å². The first-order chi connectivity index (χ1) is 17.2. The van der Waals surface area contributed by atoms with E-state index in [2.05, 4.69) is 16.7 Å². The molecule has 12 heteroatoms. The first-order valence-electron chi connectivity index (χ1n) is 10.5. The zero-order valence-corrected chi connectivity index (χ0v) is 22.1. The highest BCUT2D eigenvalue weighted by molar-refractivity contribution is 8.03. The Balaban J connectivity index is 1.91. The molecule has 2 amide bonds. The second-order valence-corrected chi connectivity index (χ2v) is 9.62. The van der Waals surface area contributed by atoms with E-state index >= 15 is 0 Å². The molecule has 0 aliphatic carbocycles. The van der Waals surface area contributed by atoms with Gasteiger partial charge in [-0.1, -0.05) is 52.6 Å². The lowest BCUT2D eigenvalue weighted by Crippen LogP contribution is -2.44. The summed E-state index contributed by atoms with van der Waals surface area (Å²) >= 11 is 19.2. The zero-order chi connectivity index (χ0) is 26.4. The van der Waals surface area contributed by atoms with E-state index in [1.54, 1.807) is 37.3 Å². The first kappa shape index (κ1) is 27.7. The van der Waals surface area contributed by atoms with Crippen molar-refractivity contribution in [3.05, 3.63) is 67.6 Å². The van der Waals surface area contributed by atoms with Crippen molar-refractivity contribution in [1.82, 2.24) is 5.32 Å². The molecule has 8 nitrogen and oxygen atoms in total. The number of carbonyl (C=O) groups excluding carboxylic acids is 3. The Morgan fingerprint density at radius 3 is 2.50 bits per heavy atom. The summed E-state index contributed by atoms with van der Waals surface area (Å²) < 4.78 is 10.3. The van der Waals surface area contributed by atoms with Crippen LogP contribution in [-0.2, 0) is 19.1 Å². The predicted octanol–water partition coefficient (Wildman–Crippen LogP) is 5.16. The standard InChI is InChI=1S/C24H20Cl3N3O5S/c1-3-35-18-7-4-12(8-17(18)27)20-14(10-28)23(30-22(32)21(20)24(33)34-2)36-11-19(31)29-13-5-6-15(25)16(26)9-13/h4-9,20-21H,3,11H2,1-2H3,(H,29,31)(H,30,32)/t20-,21+/m1/s1. The fraction of sp³-hybridized carbons (Fsp3) is 0.250. The number of nitrogens with one attached hydrogen (secondary N) is 2. The van der Waals surface area contributed by atoms with Gasteiger partial charge in [0.05, 0.1) is 51.2 Å². The number of amides is 2. The summed E-state index contributed by atoms with van der Waals surface area (Å²) in [4.78, 5) is 38.0. The number of esters is 1. The van der Waals surface area contributed by atoms with Crippen LogP contribution in [0.15, 0.2) is 47.0 Å². The Kier molecular flexibility index (Phi) is 9.51. The van der Waals surface area contributed by atoms with Crippen LogP contribution in [0.5, 0.6) is 5.75 Å². The normalized spacial score (nSPS) is 17.2. The fourth-order valence-electron chi connectivity index (χ4n) is 3.57. The van der Waals surface area contributed by atoms with Crippen molar-refractivity contribution in [3.8, 4) is 11.8 Å². The summed E-state index contributed by atoms with van der Waals surface area (Å²) in [7, 11) is 1.16. The Morgan fingerprint density at radius 2 is 1.89 bits per heavy atom. The smallest absolute Gasteiger partial charge is 0.319 e. The molecule has 36 heavy (non-hydrogen) atoms. The summed E-state index contributed by atoms with van der Waals surface area (Å²) in [6.07, 6.45) is 0. The van der Waals surface area contributed by atoms with Gasteiger partial charge in [0, 0.05) is 11.6 Å². The molecule has 0 bridgehead atoms. The number of thioether (sulfide) groups is 1. The third-order valence-corrected chi connectivity index (χ3v) is 7.20. The summed E-state index contributed by atoms with van der Waals surface area (Å²) in [5.41, 5.74) is 0.978. The molecule has 0 saturated carbocycles. The third-order valence-electron chi connectivity index (χ3n) is 5.15. The number of nitrogens with zero attached hydrogens (tertiary/aromatic N) is 1. The maximum absolute atomic E-state index is 13.0. The lowest BCUT2D eigenvalue weighted by molar-refractivity contribution is -0.150. The number of hydrogen-bond donors (Lipinski definition) is 2. The maximum atomic E-state index is 13.0. The van der Waals surface area contributed by atoms with Crippen molar-refractivity contribution >= 4 is 70.0 Å². The number of rotatable bonds is 8. The van der Waals surface area contributed by atoms with Gasteiger partial charge in [-0.2, -0.15) is 5.26 Å². The maximum Gasteiger partial charge on any atom is 0.319 e. The molecule has 2 N–H and O–H groups in total. The number of carbonyl (C=O) groups is 3. The van der Waals surface area contributed by atoms with Gasteiger partial charge in [0.15, 0.2) is 0 Å². The van der Waals surface area contributed by atoms with Crippen molar-refractivity contribution < 1.29 is 23.9 Å². The highest BCUT2D eigenvalue weighted by Crippen LogP contribution is 2.42. The largest absolute Gasteiger partial charge is 0.492 e. The summed E-state index contributed by atoms with van der Waals surface area (Å²) in [6, 6.07) is 11.5. The fourth-order valence-corrected chi connectivity index (χ4v) is 4.96. The Hall–Kier alpha value is -2.90. The van der Waals surface area contributed by atoms with Gasteiger partial charge in [0.1, 0.15) is 11.7 Å². The minimum atomic E-state index is -1.33. The van der Waals surface area contributed by atoms with E-state index in [0.717, 1.165) is 18.9 Å². The molecule has 0 spiro atoms. The monoisotopic (exact) mass is 567 g/mol. The van der Waals surface area contributed by atoms with E-state index < -0.39 is 29.6 Å². The van der Waals surface area contributed by atoms with E-state index in [4.69, 9.17) is 44.3 Å². The number of anilines is 1. The van der Waals surface area contributed by atoms with Gasteiger partial charge in [0.2, 0.25) is 11.8 Å². The first-order valence-corrected chi connectivity index (χ1v) is 12.6. The number of methoxy groups -OCH3 is 1. The molecule has 1 heterocycles. The van der Waals surface area contributed by atoms with Crippen LogP contribution in [0, 0.1) is 17.2 Å². The molecular formula is C24H20Cl3N3O5S. The molecule has 0 radical (unpaired) electrons. The summed E-state index contributed by atoms with van der Waals surface area (Å²) in [5.74, 6) is -3.90. The Bertz CT molecular complexity index is 1280. The van der Waals surface area contributed by atoms with Crippen LogP contribution in [0.25, 0.3) is 0 Å². The number of hydrogen-bond acceptors (Lipinski definition) is 7. The number of benzene rings is 2. The van der Waals surface area contributed by atoms with Crippen molar-refractivity contribution in [2.24, 2.45) is 5.92 Å². The molecule has 0 fully saturated rings. The van der Waals surface area contributed by atoms with Gasteiger partial charge in [-0.15, -0.1) is 0 Å². The van der Waals surface area contributed by atoms with Gasteiger partial charge in [0.25, 0.3) is 0 Å². The van der Waals surface area contributed by atoms with E-state index in [1.165, 1.54) is 6.07 Å². The third kappa shape index (κ3) is 6.26. The summed E-state index contributed by atoms with van der Waals surface area (Å²) in [5, 5.41) is 16.3. The SMILES string of the molecule is CCOc1ccc([C@@H]2C(C#N)=C(SCC(=O)Nc3ccc(Cl)c(Cl)c3)NC(=O)[C@H]2C(=O)OC)cc1Cl. The van der Waals surface area contributed by atoms with Crippen LogP contribution in [0.4, 0.5) is 5.69 Å². The predicted molar refractivity (Wildman–Crippen MR) is 139 cm³/mol. The Labute approximate surface area is 226 Å². The van der Waals surface area contributed by atoms with Gasteiger partial charge in [-0.05, 0) is 42.8 Å². The van der Waals surface area contributed by atoms with Gasteiger partial charge < -0.3 is 20.1 Å². The zero-order valence-electron chi connectivity index (χ0n) is 19.1. The van der Waals surface area contributed by atoms with E-state index in [9.17, 15) is 19.6 Å². The molecule has 2 aromatic rings. The second-order valence-electron chi connectivity index (χ2n) is 7.41. The Morgan fingerprint density at radius 1 is 1.14 bits per heavy atom. The molecule has 0 aromatic heterocycles. The van der Waals surface area contributed by atoms with Crippen LogP contribution in [0.3, 0.4) is 0 Å². The molecule has 1 aliphatic heterocycles. The highest BCUT2D eigenvalue weighted by atomic mass is 35.5. The highest BCUT2D eigenvalue weighted by Gasteiger charge is 2.44. The van der Waals surface area contributed by atoms with Crippen molar-refractivity contribution in [2.75, 3.05) is 24.8 Å². The number of allylic oxidation sites excluding steroid dienone is 1. The molecule has 0 saturated heterocycles. The average molecular weight is 569 g/mol. The van der Waals surface area contributed by atoms with Gasteiger partial charge in [-0.25, -0.2) is 0 Å². The lowest BCUT2D eigenvalue weighted by Gasteiger charge is -2.31. The molecule has 2 atom stereocenters. The topological polar surface area (TPSA) is 118 Å². The van der Waals surface area contributed by atoms with Crippen LogP contribution < -0.4 is 15.4 Å². The number of nitriles is 1. The second kappa shape index (κ2) is 12.4. The van der Waals surface area contributed by atoms with Gasteiger partial charge >= 0.3 is 5.97 Å². The van der Waals surface area contributed by atoms with E-state index in [0.29, 0.717) is 28.6 Å². The van der Waals surface area contributed by atoms with E-state index in [1.807, 2.05) is 0 Å². The van der Waals surface area contributed by atoms with Crippen molar-refractivity contribution in [1.29, 1.82) is 5.26 Å². The molecular weight excluding hydrogens is 549 g/mol. The minimum Gasteiger partial charge on any atom is -0.492 e. The minimum absolute atomic E-state index is 0.0950. The number of ether oxygens (including phenoxy) is 2. The molecule has 188 valence electrons. The summed E-state index contributed by atoms with van der Waals surface area (Å²) in [6.45, 7) is 2.20. The molecule has 0 unspecified atom stereocenters. The van der Waals surface area contributed by atoms with Crippen LogP contribution in [0.2, 0.25) is 15.1 Å². The quantitative estimate of drug-likeness (QED) is 0.334. The molecule has 1 aliphatic rings. The van der Waals surface area contributed by atoms with Crippen LogP contribution in [0.1, 0.15) is 18.4 Å². The molecule has 2 aromatic carbocycles. The van der Waals surface area contributed by atoms with E-state index in [-0.39, 0.29) is 26.4 Å². The van der Waals surface area contributed by atoms with Crippen LogP contribution >= 0.6 is 46.6 Å². The number of halogens is 3.